The fourth-order valence-corrected chi connectivity index (χ4v) is 5.46. The summed E-state index contributed by atoms with van der Waals surface area (Å²) >= 11 is 0. The summed E-state index contributed by atoms with van der Waals surface area (Å²) in [5.74, 6) is 1.27. The van der Waals surface area contributed by atoms with E-state index in [1.54, 1.807) is 0 Å². The summed E-state index contributed by atoms with van der Waals surface area (Å²) in [5.41, 5.74) is 16.1. The number of anilines is 1. The molecule has 0 bridgehead atoms. The van der Waals surface area contributed by atoms with Crippen LogP contribution in [0.5, 0.6) is 5.75 Å². The zero-order valence-electron chi connectivity index (χ0n) is 16.5. The number of nitrogens with zero attached hydrogens (tertiary/aromatic N) is 3. The van der Waals surface area contributed by atoms with E-state index >= 15 is 0 Å². The lowest BCUT2D eigenvalue weighted by Crippen LogP contribution is -2.39. The van der Waals surface area contributed by atoms with Gasteiger partial charge < -0.3 is 21.4 Å². The first-order chi connectivity index (χ1) is 14.1. The van der Waals surface area contributed by atoms with Crippen molar-refractivity contribution in [1.29, 1.82) is 0 Å². The number of fused-ring (bicyclic) bond motifs is 4. The van der Waals surface area contributed by atoms with Crippen LogP contribution in [0.25, 0.3) is 11.3 Å². The van der Waals surface area contributed by atoms with Gasteiger partial charge in [-0.2, -0.15) is 0 Å². The lowest BCUT2D eigenvalue weighted by atomic mass is 9.66. The largest absolute Gasteiger partial charge is 0.490 e. The van der Waals surface area contributed by atoms with E-state index in [0.717, 1.165) is 79.5 Å². The molecule has 2 fully saturated rings. The Kier molecular flexibility index (Phi) is 4.42. The molecule has 0 amide bonds. The quantitative estimate of drug-likeness (QED) is 0.531. The smallest absolute Gasteiger partial charge is 0.131 e. The topological polar surface area (TPSA) is 120 Å². The Morgan fingerprint density at radius 1 is 1.07 bits per heavy atom. The summed E-state index contributed by atoms with van der Waals surface area (Å²) in [6.07, 6.45) is 9.47. The van der Waals surface area contributed by atoms with Gasteiger partial charge in [-0.25, -0.2) is 9.97 Å². The van der Waals surface area contributed by atoms with Crippen LogP contribution in [0, 0.1) is 0 Å². The minimum absolute atomic E-state index is 0.177. The average Bonchev–Trinajstić information content (AvgIpc) is 3.20. The summed E-state index contributed by atoms with van der Waals surface area (Å²) < 4.78 is 6.28. The molecule has 1 aromatic heterocycles. The van der Waals surface area contributed by atoms with Crippen LogP contribution in [-0.4, -0.2) is 33.0 Å². The molecule has 1 heterocycles. The van der Waals surface area contributed by atoms with E-state index in [4.69, 9.17) is 16.2 Å². The summed E-state index contributed by atoms with van der Waals surface area (Å²) in [7, 11) is 0. The fourth-order valence-electron chi connectivity index (χ4n) is 5.46. The third kappa shape index (κ3) is 2.87. The molecule has 2 aromatic rings. The van der Waals surface area contributed by atoms with Crippen LogP contribution >= 0.6 is 0 Å². The van der Waals surface area contributed by atoms with Gasteiger partial charge in [0.05, 0.1) is 17.5 Å². The van der Waals surface area contributed by atoms with Gasteiger partial charge in [0, 0.05) is 28.1 Å². The van der Waals surface area contributed by atoms with Crippen LogP contribution in [0.1, 0.15) is 62.5 Å². The molecule has 5 N–H and O–H groups in total. The number of hydrogen-bond donors (Lipinski definition) is 3. The number of rotatable bonds is 2. The van der Waals surface area contributed by atoms with Gasteiger partial charge >= 0.3 is 0 Å². The molecule has 1 aromatic carbocycles. The first kappa shape index (κ1) is 18.4. The number of oxime groups is 1. The summed E-state index contributed by atoms with van der Waals surface area (Å²) in [6, 6.07) is 6.25. The Hall–Kier alpha value is -2.67. The van der Waals surface area contributed by atoms with Crippen LogP contribution in [0.2, 0.25) is 0 Å². The van der Waals surface area contributed by atoms with Crippen molar-refractivity contribution in [3.05, 3.63) is 35.7 Å². The van der Waals surface area contributed by atoms with Crippen LogP contribution in [0.3, 0.4) is 0 Å². The third-order valence-electron chi connectivity index (χ3n) is 6.89. The van der Waals surface area contributed by atoms with Crippen molar-refractivity contribution >= 4 is 11.5 Å². The average molecular weight is 393 g/mol. The second-order valence-corrected chi connectivity index (χ2v) is 8.58. The lowest BCUT2D eigenvalue weighted by Gasteiger charge is -2.37. The van der Waals surface area contributed by atoms with Gasteiger partial charge in [-0.1, -0.05) is 18.0 Å². The van der Waals surface area contributed by atoms with Crippen molar-refractivity contribution in [2.45, 2.75) is 68.9 Å². The Labute approximate surface area is 170 Å². The molecule has 0 saturated heterocycles. The van der Waals surface area contributed by atoms with E-state index in [-0.39, 0.29) is 12.1 Å². The van der Waals surface area contributed by atoms with Crippen molar-refractivity contribution in [1.82, 2.24) is 9.97 Å². The van der Waals surface area contributed by atoms with E-state index in [1.807, 2.05) is 18.2 Å². The van der Waals surface area contributed by atoms with Gasteiger partial charge in [-0.15, -0.1) is 0 Å². The SMILES string of the molecule is Nc1ncnc2c1C1(CCCC1)C(=NO)c1cc(OC3CCC(N)CC3)ccc1-2. The standard InChI is InChI=1S/C22H27N5O2/c23-13-3-5-14(6-4-13)29-15-7-8-16-17(11-15)20(27-28)22(9-1-2-10-22)18-19(16)25-12-26-21(18)24/h7-8,11-14,28H,1-6,9-10,23H2,(H2,24,25,26). The van der Waals surface area contributed by atoms with Gasteiger partial charge in [0.25, 0.3) is 0 Å². The highest BCUT2D eigenvalue weighted by atomic mass is 16.5. The molecule has 2 saturated carbocycles. The maximum absolute atomic E-state index is 10.1. The van der Waals surface area contributed by atoms with Crippen molar-refractivity contribution in [3.63, 3.8) is 0 Å². The summed E-state index contributed by atoms with van der Waals surface area (Å²) in [5, 5.41) is 13.9. The highest BCUT2D eigenvalue weighted by molar-refractivity contribution is 6.16. The normalized spacial score (nSPS) is 26.3. The number of nitrogen functional groups attached to an aromatic ring is 1. The Morgan fingerprint density at radius 2 is 1.83 bits per heavy atom. The van der Waals surface area contributed by atoms with Crippen molar-refractivity contribution in [3.8, 4) is 17.0 Å². The minimum Gasteiger partial charge on any atom is -0.490 e. The second kappa shape index (κ2) is 6.99. The molecule has 7 heteroatoms. The molecule has 0 aliphatic heterocycles. The van der Waals surface area contributed by atoms with Crippen LogP contribution in [0.4, 0.5) is 5.82 Å². The molecule has 1 spiro atoms. The summed E-state index contributed by atoms with van der Waals surface area (Å²) in [6.45, 7) is 0. The predicted octanol–water partition coefficient (Wildman–Crippen LogP) is 3.38. The highest BCUT2D eigenvalue weighted by Crippen LogP contribution is 2.53. The van der Waals surface area contributed by atoms with Gasteiger partial charge in [0.15, 0.2) is 0 Å². The van der Waals surface area contributed by atoms with E-state index in [0.29, 0.717) is 11.5 Å². The van der Waals surface area contributed by atoms with Gasteiger partial charge in [0.2, 0.25) is 0 Å². The van der Waals surface area contributed by atoms with Gasteiger partial charge in [0.1, 0.15) is 17.9 Å². The molecular formula is C22H27N5O2. The van der Waals surface area contributed by atoms with E-state index in [1.165, 1.54) is 6.33 Å². The van der Waals surface area contributed by atoms with E-state index in [9.17, 15) is 5.21 Å². The summed E-state index contributed by atoms with van der Waals surface area (Å²) in [4.78, 5) is 8.83. The molecule has 29 heavy (non-hydrogen) atoms. The van der Waals surface area contributed by atoms with Crippen molar-refractivity contribution < 1.29 is 9.94 Å². The van der Waals surface area contributed by atoms with Gasteiger partial charge in [-0.05, 0) is 56.7 Å². The van der Waals surface area contributed by atoms with Crippen LogP contribution in [-0.2, 0) is 5.41 Å². The zero-order valence-corrected chi connectivity index (χ0v) is 16.5. The maximum Gasteiger partial charge on any atom is 0.131 e. The van der Waals surface area contributed by atoms with E-state index < -0.39 is 5.41 Å². The number of nitrogens with two attached hydrogens (primary N) is 2. The first-order valence-electron chi connectivity index (χ1n) is 10.5. The Morgan fingerprint density at radius 3 is 2.55 bits per heavy atom. The molecule has 3 aliphatic rings. The monoisotopic (exact) mass is 393 g/mol. The number of aromatic nitrogens is 2. The predicted molar refractivity (Wildman–Crippen MR) is 111 cm³/mol. The van der Waals surface area contributed by atoms with Crippen molar-refractivity contribution in [2.24, 2.45) is 10.9 Å². The van der Waals surface area contributed by atoms with E-state index in [2.05, 4.69) is 15.1 Å². The molecule has 5 rings (SSSR count). The molecule has 3 aliphatic carbocycles. The number of benzene rings is 1. The fraction of sp³-hybridized carbons (Fsp3) is 0.500. The molecule has 152 valence electrons. The van der Waals surface area contributed by atoms with Crippen molar-refractivity contribution in [2.75, 3.05) is 5.73 Å². The van der Waals surface area contributed by atoms with Crippen LogP contribution < -0.4 is 16.2 Å². The molecule has 0 atom stereocenters. The number of hydrogen-bond acceptors (Lipinski definition) is 7. The zero-order chi connectivity index (χ0) is 20.0. The maximum atomic E-state index is 10.1. The number of ether oxygens (including phenoxy) is 1. The van der Waals surface area contributed by atoms with Crippen LogP contribution in [0.15, 0.2) is 29.7 Å². The third-order valence-corrected chi connectivity index (χ3v) is 6.89. The first-order valence-corrected chi connectivity index (χ1v) is 10.5. The van der Waals surface area contributed by atoms with Gasteiger partial charge in [-0.3, -0.25) is 0 Å². The lowest BCUT2D eigenvalue weighted by molar-refractivity contribution is 0.147. The Bertz CT molecular complexity index is 960. The molecular weight excluding hydrogens is 366 g/mol. The molecule has 0 radical (unpaired) electrons. The Balaban J connectivity index is 1.59. The molecule has 0 unspecified atom stereocenters. The molecule has 7 nitrogen and oxygen atoms in total. The minimum atomic E-state index is -0.432. The highest BCUT2D eigenvalue weighted by Gasteiger charge is 2.49. The second-order valence-electron chi connectivity index (χ2n) is 8.58.